The molecule has 0 unspecified atom stereocenters. The Hall–Kier alpha value is -1.99. The van der Waals surface area contributed by atoms with Crippen LogP contribution in [0.5, 0.6) is 5.75 Å². The Bertz CT molecular complexity index is 741. The van der Waals surface area contributed by atoms with Gasteiger partial charge in [0.15, 0.2) is 0 Å². The molecule has 0 saturated heterocycles. The van der Waals surface area contributed by atoms with Crippen LogP contribution in [0.2, 0.25) is 5.28 Å². The minimum absolute atomic E-state index is 0.110. The summed E-state index contributed by atoms with van der Waals surface area (Å²) in [6.07, 6.45) is 0.620. The first kappa shape index (κ1) is 20.3. The number of anilines is 1. The number of ether oxygens (including phenoxy) is 2. The molecule has 2 rings (SSSR count). The number of aromatic nitrogens is 2. The van der Waals surface area contributed by atoms with Crippen molar-refractivity contribution in [2.45, 2.75) is 36.2 Å². The Labute approximate surface area is 162 Å². The number of carbonyl (C=O) groups is 1. The summed E-state index contributed by atoms with van der Waals surface area (Å²) in [5.41, 5.74) is 0. The Kier molecular flexibility index (Phi) is 7.53. The van der Waals surface area contributed by atoms with Gasteiger partial charge in [0.25, 0.3) is 0 Å². The Morgan fingerprint density at radius 1 is 1.23 bits per heavy atom. The quantitative estimate of drug-likeness (QED) is 0.406. The number of nitrogens with one attached hydrogen (secondary N) is 1. The van der Waals surface area contributed by atoms with E-state index in [9.17, 15) is 4.79 Å². The molecule has 0 aliphatic rings. The van der Waals surface area contributed by atoms with Crippen molar-refractivity contribution in [2.75, 3.05) is 19.5 Å². The SMILES string of the molecule is COC(=O)[C@H](CC(C)C)Nc1cc(Sc2ccc(OC)cc2)nc(Cl)n1. The highest BCUT2D eigenvalue weighted by atomic mass is 35.5. The summed E-state index contributed by atoms with van der Waals surface area (Å²) in [4.78, 5) is 21.4. The van der Waals surface area contributed by atoms with Gasteiger partial charge in [0.1, 0.15) is 22.6 Å². The van der Waals surface area contributed by atoms with Crippen molar-refractivity contribution >= 4 is 35.1 Å². The lowest BCUT2D eigenvalue weighted by molar-refractivity contribution is -0.141. The van der Waals surface area contributed by atoms with Crippen LogP contribution in [0.25, 0.3) is 0 Å². The fourth-order valence-electron chi connectivity index (χ4n) is 2.29. The molecule has 26 heavy (non-hydrogen) atoms. The maximum atomic E-state index is 12.0. The highest BCUT2D eigenvalue weighted by Gasteiger charge is 2.21. The first-order chi connectivity index (χ1) is 12.4. The summed E-state index contributed by atoms with van der Waals surface area (Å²) in [6, 6.07) is 8.88. The molecule has 140 valence electrons. The van der Waals surface area contributed by atoms with E-state index in [0.717, 1.165) is 10.6 Å². The summed E-state index contributed by atoms with van der Waals surface area (Å²) >= 11 is 7.50. The van der Waals surface area contributed by atoms with Gasteiger partial charge in [-0.1, -0.05) is 25.6 Å². The zero-order valence-electron chi connectivity index (χ0n) is 15.2. The number of esters is 1. The number of hydrogen-bond donors (Lipinski definition) is 1. The highest BCUT2D eigenvalue weighted by Crippen LogP contribution is 2.30. The Morgan fingerprint density at radius 2 is 1.92 bits per heavy atom. The van der Waals surface area contributed by atoms with Crippen LogP contribution in [0.15, 0.2) is 40.3 Å². The van der Waals surface area contributed by atoms with Gasteiger partial charge in [-0.05, 0) is 48.2 Å². The first-order valence-electron chi connectivity index (χ1n) is 8.12. The number of hydrogen-bond acceptors (Lipinski definition) is 7. The van der Waals surface area contributed by atoms with Crippen molar-refractivity contribution in [2.24, 2.45) is 5.92 Å². The van der Waals surface area contributed by atoms with Crippen LogP contribution in [0, 0.1) is 5.92 Å². The molecule has 2 aromatic rings. The minimum Gasteiger partial charge on any atom is -0.497 e. The molecule has 0 amide bonds. The third-order valence-electron chi connectivity index (χ3n) is 3.47. The van der Waals surface area contributed by atoms with Gasteiger partial charge in [-0.2, -0.15) is 0 Å². The van der Waals surface area contributed by atoms with E-state index in [1.807, 2.05) is 38.1 Å². The topological polar surface area (TPSA) is 73.3 Å². The maximum absolute atomic E-state index is 12.0. The van der Waals surface area contributed by atoms with Crippen molar-refractivity contribution in [3.63, 3.8) is 0 Å². The molecule has 8 heteroatoms. The van der Waals surface area contributed by atoms with Crippen molar-refractivity contribution in [3.8, 4) is 5.75 Å². The average Bonchev–Trinajstić information content (AvgIpc) is 2.60. The van der Waals surface area contributed by atoms with Gasteiger partial charge in [0, 0.05) is 11.0 Å². The summed E-state index contributed by atoms with van der Waals surface area (Å²) in [6.45, 7) is 4.07. The van der Waals surface area contributed by atoms with Gasteiger partial charge < -0.3 is 14.8 Å². The van der Waals surface area contributed by atoms with E-state index in [1.165, 1.54) is 18.9 Å². The lowest BCUT2D eigenvalue weighted by Crippen LogP contribution is -2.32. The molecule has 0 spiro atoms. The second kappa shape index (κ2) is 9.64. The van der Waals surface area contributed by atoms with Gasteiger partial charge in [0.05, 0.1) is 14.2 Å². The lowest BCUT2D eigenvalue weighted by atomic mass is 10.0. The molecule has 1 aromatic carbocycles. The molecule has 1 aromatic heterocycles. The van der Waals surface area contributed by atoms with Crippen LogP contribution in [0.4, 0.5) is 5.82 Å². The van der Waals surface area contributed by atoms with E-state index < -0.39 is 6.04 Å². The molecule has 0 saturated carbocycles. The predicted molar refractivity (Wildman–Crippen MR) is 103 cm³/mol. The van der Waals surface area contributed by atoms with Crippen LogP contribution in [-0.4, -0.2) is 36.2 Å². The zero-order chi connectivity index (χ0) is 19.1. The van der Waals surface area contributed by atoms with Gasteiger partial charge >= 0.3 is 5.97 Å². The summed E-state index contributed by atoms with van der Waals surface area (Å²) in [5, 5.41) is 3.89. The zero-order valence-corrected chi connectivity index (χ0v) is 16.7. The number of nitrogens with zero attached hydrogens (tertiary/aromatic N) is 2. The normalized spacial score (nSPS) is 11.9. The average molecular weight is 396 g/mol. The molecule has 0 bridgehead atoms. The van der Waals surface area contributed by atoms with Crippen LogP contribution in [0.1, 0.15) is 20.3 Å². The number of carbonyl (C=O) groups excluding carboxylic acids is 1. The lowest BCUT2D eigenvalue weighted by Gasteiger charge is -2.19. The molecule has 0 aliphatic carbocycles. The van der Waals surface area contributed by atoms with Gasteiger partial charge in [-0.15, -0.1) is 0 Å². The second-order valence-corrected chi connectivity index (χ2v) is 7.42. The predicted octanol–water partition coefficient (Wildman–Crippen LogP) is 4.29. The molecule has 0 fully saturated rings. The fraction of sp³-hybridized carbons (Fsp3) is 0.389. The number of rotatable bonds is 8. The molecule has 0 radical (unpaired) electrons. The maximum Gasteiger partial charge on any atom is 0.328 e. The molecule has 1 heterocycles. The van der Waals surface area contributed by atoms with Crippen molar-refractivity contribution < 1.29 is 14.3 Å². The minimum atomic E-state index is -0.496. The third-order valence-corrected chi connectivity index (χ3v) is 4.57. The molecule has 6 nitrogen and oxygen atoms in total. The monoisotopic (exact) mass is 395 g/mol. The van der Waals surface area contributed by atoms with E-state index in [2.05, 4.69) is 15.3 Å². The van der Waals surface area contributed by atoms with Crippen LogP contribution in [0.3, 0.4) is 0 Å². The molecular weight excluding hydrogens is 374 g/mol. The standard InChI is InChI=1S/C18H22ClN3O3S/c1-11(2)9-14(17(23)25-4)20-15-10-16(22-18(19)21-15)26-13-7-5-12(24-3)6-8-13/h5-8,10-11,14H,9H2,1-4H3,(H,20,21,22)/t14-/m0/s1. The van der Waals surface area contributed by atoms with Crippen molar-refractivity contribution in [1.82, 2.24) is 9.97 Å². The Morgan fingerprint density at radius 3 is 2.50 bits per heavy atom. The van der Waals surface area contributed by atoms with E-state index in [0.29, 0.717) is 23.2 Å². The van der Waals surface area contributed by atoms with Gasteiger partial charge in [-0.25, -0.2) is 14.8 Å². The van der Waals surface area contributed by atoms with E-state index >= 15 is 0 Å². The van der Waals surface area contributed by atoms with Crippen molar-refractivity contribution in [3.05, 3.63) is 35.6 Å². The number of methoxy groups -OCH3 is 2. The Balaban J connectivity index is 2.17. The molecular formula is C18H22ClN3O3S. The summed E-state index contributed by atoms with van der Waals surface area (Å²) < 4.78 is 10.0. The fourth-order valence-corrected chi connectivity index (χ4v) is 3.34. The number of benzene rings is 1. The third kappa shape index (κ3) is 6.07. The van der Waals surface area contributed by atoms with E-state index in [-0.39, 0.29) is 11.3 Å². The summed E-state index contributed by atoms with van der Waals surface area (Å²) in [7, 11) is 2.99. The molecule has 1 N–H and O–H groups in total. The van der Waals surface area contributed by atoms with Crippen molar-refractivity contribution in [1.29, 1.82) is 0 Å². The van der Waals surface area contributed by atoms with Gasteiger partial charge in [0.2, 0.25) is 5.28 Å². The highest BCUT2D eigenvalue weighted by molar-refractivity contribution is 7.99. The van der Waals surface area contributed by atoms with Gasteiger partial charge in [-0.3, -0.25) is 0 Å². The van der Waals surface area contributed by atoms with E-state index in [1.54, 1.807) is 13.2 Å². The summed E-state index contributed by atoms with van der Waals surface area (Å²) in [5.74, 6) is 1.25. The second-order valence-electron chi connectivity index (χ2n) is 5.99. The molecule has 1 atom stereocenters. The van der Waals surface area contributed by atoms with Crippen LogP contribution >= 0.6 is 23.4 Å². The molecule has 0 aliphatic heterocycles. The van der Waals surface area contributed by atoms with E-state index in [4.69, 9.17) is 21.1 Å². The number of halogens is 1. The first-order valence-corrected chi connectivity index (χ1v) is 9.31. The largest absolute Gasteiger partial charge is 0.497 e. The van der Waals surface area contributed by atoms with Crippen LogP contribution < -0.4 is 10.1 Å². The smallest absolute Gasteiger partial charge is 0.328 e. The van der Waals surface area contributed by atoms with Crippen LogP contribution in [-0.2, 0) is 9.53 Å².